The zero-order chi connectivity index (χ0) is 11.3. The highest BCUT2D eigenvalue weighted by atomic mass is 32.1. The van der Waals surface area contributed by atoms with Gasteiger partial charge in [-0.1, -0.05) is 6.07 Å². The van der Waals surface area contributed by atoms with Gasteiger partial charge in [-0.15, -0.1) is 0 Å². The molecule has 0 N–H and O–H groups in total. The highest BCUT2D eigenvalue weighted by Gasteiger charge is 2.01. The van der Waals surface area contributed by atoms with Crippen LogP contribution in [0, 0.1) is 13.8 Å². The topological polar surface area (TPSA) is 3.24 Å². The van der Waals surface area contributed by atoms with Gasteiger partial charge in [-0.05, 0) is 55.7 Å². The minimum Gasteiger partial charge on any atom is -0.375 e. The lowest BCUT2D eigenvalue weighted by Gasteiger charge is -2.20. The van der Waals surface area contributed by atoms with Crippen molar-refractivity contribution in [3.63, 3.8) is 0 Å². The molecule has 2 heteroatoms. The molecule has 1 aromatic carbocycles. The summed E-state index contributed by atoms with van der Waals surface area (Å²) in [6.45, 7) is 5.42. The third-order valence-electron chi connectivity index (χ3n) is 2.55. The van der Waals surface area contributed by atoms with E-state index >= 15 is 0 Å². The van der Waals surface area contributed by atoms with Crippen molar-refractivity contribution in [3.8, 4) is 0 Å². The summed E-state index contributed by atoms with van der Waals surface area (Å²) in [4.78, 5) is 2.32. The molecule has 0 spiro atoms. The second-order valence-corrected chi connectivity index (χ2v) is 4.65. The second kappa shape index (κ2) is 6.06. The zero-order valence-corrected chi connectivity index (χ0v) is 10.8. The lowest BCUT2D eigenvalue weighted by Crippen LogP contribution is -2.18. The van der Waals surface area contributed by atoms with E-state index in [1.807, 2.05) is 0 Å². The number of rotatable bonds is 5. The van der Waals surface area contributed by atoms with Crippen LogP contribution in [0.25, 0.3) is 0 Å². The van der Waals surface area contributed by atoms with Crippen molar-refractivity contribution < 1.29 is 0 Å². The smallest absolute Gasteiger partial charge is 0.0368 e. The van der Waals surface area contributed by atoms with Gasteiger partial charge in [0.15, 0.2) is 0 Å². The monoisotopic (exact) mass is 223 g/mol. The quantitative estimate of drug-likeness (QED) is 0.591. The third-order valence-corrected chi connectivity index (χ3v) is 2.87. The number of hydrogen-bond donors (Lipinski definition) is 1. The molecule has 0 saturated heterocycles. The largest absolute Gasteiger partial charge is 0.375 e. The Morgan fingerprint density at radius 3 is 2.20 bits per heavy atom. The average molecular weight is 223 g/mol. The first-order valence-corrected chi connectivity index (χ1v) is 6.17. The van der Waals surface area contributed by atoms with Gasteiger partial charge in [0.05, 0.1) is 0 Å². The Balaban J connectivity index is 2.60. The second-order valence-electron chi connectivity index (χ2n) is 4.20. The fraction of sp³-hybridized carbons (Fsp3) is 0.538. The van der Waals surface area contributed by atoms with Crippen LogP contribution in [0.4, 0.5) is 5.69 Å². The van der Waals surface area contributed by atoms with Crippen LogP contribution in [-0.4, -0.2) is 19.3 Å². The molecule has 0 aliphatic carbocycles. The molecule has 15 heavy (non-hydrogen) atoms. The van der Waals surface area contributed by atoms with E-state index in [4.69, 9.17) is 0 Å². The summed E-state index contributed by atoms with van der Waals surface area (Å²) in [6, 6.07) is 6.70. The SMILES string of the molecule is Cc1cc(C)cc(N(C)CCCCS)c1. The van der Waals surface area contributed by atoms with Crippen molar-refractivity contribution in [3.05, 3.63) is 29.3 Å². The molecule has 1 rings (SSSR count). The van der Waals surface area contributed by atoms with Crippen molar-refractivity contribution in [2.24, 2.45) is 0 Å². The first kappa shape index (κ1) is 12.4. The number of hydrogen-bond acceptors (Lipinski definition) is 2. The Labute approximate surface area is 98.9 Å². The van der Waals surface area contributed by atoms with E-state index in [0.29, 0.717) is 0 Å². The van der Waals surface area contributed by atoms with E-state index in [9.17, 15) is 0 Å². The molecule has 0 unspecified atom stereocenters. The molecule has 1 aromatic rings. The van der Waals surface area contributed by atoms with E-state index in [2.05, 4.69) is 56.6 Å². The molecule has 0 saturated carbocycles. The lowest BCUT2D eigenvalue weighted by molar-refractivity contribution is 0.773. The summed E-state index contributed by atoms with van der Waals surface area (Å²) in [5.41, 5.74) is 4.00. The molecule has 1 nitrogen and oxygen atoms in total. The predicted octanol–water partition coefficient (Wildman–Crippen LogP) is 3.45. The van der Waals surface area contributed by atoms with Gasteiger partial charge in [0, 0.05) is 19.3 Å². The number of unbranched alkanes of at least 4 members (excludes halogenated alkanes) is 1. The maximum atomic E-state index is 4.22. The molecule has 0 bridgehead atoms. The molecule has 84 valence electrons. The molecule has 0 fully saturated rings. The van der Waals surface area contributed by atoms with Crippen LogP contribution in [0.3, 0.4) is 0 Å². The minimum atomic E-state index is 0.987. The first-order chi connectivity index (χ1) is 7.13. The van der Waals surface area contributed by atoms with Crippen LogP contribution in [-0.2, 0) is 0 Å². The van der Waals surface area contributed by atoms with E-state index in [1.165, 1.54) is 29.7 Å². The molecule has 0 aliphatic rings. The summed E-state index contributed by atoms with van der Waals surface area (Å²) < 4.78 is 0. The van der Waals surface area contributed by atoms with Crippen molar-refractivity contribution in [2.45, 2.75) is 26.7 Å². The molecule has 0 aliphatic heterocycles. The standard InChI is InChI=1S/C13H21NS/c1-11-8-12(2)10-13(9-11)14(3)6-4-5-7-15/h8-10,15H,4-7H2,1-3H3. The molecule has 0 radical (unpaired) electrons. The number of anilines is 1. The summed E-state index contributed by atoms with van der Waals surface area (Å²) in [5.74, 6) is 0.987. The molecule has 0 atom stereocenters. The van der Waals surface area contributed by atoms with Gasteiger partial charge in [0.25, 0.3) is 0 Å². The normalized spacial score (nSPS) is 10.4. The zero-order valence-electron chi connectivity index (χ0n) is 9.95. The number of aryl methyl sites for hydroxylation is 2. The summed E-state index contributed by atoms with van der Waals surface area (Å²) >= 11 is 4.22. The van der Waals surface area contributed by atoms with Gasteiger partial charge < -0.3 is 4.90 Å². The third kappa shape index (κ3) is 4.17. The first-order valence-electron chi connectivity index (χ1n) is 5.54. The van der Waals surface area contributed by atoms with Crippen LogP contribution in [0.15, 0.2) is 18.2 Å². The van der Waals surface area contributed by atoms with E-state index in [1.54, 1.807) is 0 Å². The highest BCUT2D eigenvalue weighted by Crippen LogP contribution is 2.17. The van der Waals surface area contributed by atoms with Crippen LogP contribution in [0.2, 0.25) is 0 Å². The molecular weight excluding hydrogens is 202 g/mol. The van der Waals surface area contributed by atoms with Crippen molar-refractivity contribution >= 4 is 18.3 Å². The predicted molar refractivity (Wildman–Crippen MR) is 72.3 cm³/mol. The van der Waals surface area contributed by atoms with Gasteiger partial charge >= 0.3 is 0 Å². The van der Waals surface area contributed by atoms with Crippen molar-refractivity contribution in [2.75, 3.05) is 24.2 Å². The van der Waals surface area contributed by atoms with Crippen LogP contribution in [0.5, 0.6) is 0 Å². The number of nitrogens with zero attached hydrogens (tertiary/aromatic N) is 1. The van der Waals surface area contributed by atoms with Crippen LogP contribution in [0.1, 0.15) is 24.0 Å². The van der Waals surface area contributed by atoms with Gasteiger partial charge in [0.2, 0.25) is 0 Å². The molecule has 0 aromatic heterocycles. The van der Waals surface area contributed by atoms with E-state index in [0.717, 1.165) is 12.3 Å². The van der Waals surface area contributed by atoms with Gasteiger partial charge in [-0.25, -0.2) is 0 Å². The average Bonchev–Trinajstić information content (AvgIpc) is 2.16. The maximum absolute atomic E-state index is 4.22. The Hall–Kier alpha value is -0.630. The Morgan fingerprint density at radius 1 is 1.07 bits per heavy atom. The summed E-state index contributed by atoms with van der Waals surface area (Å²) in [5, 5.41) is 0. The highest BCUT2D eigenvalue weighted by molar-refractivity contribution is 7.80. The summed E-state index contributed by atoms with van der Waals surface area (Å²) in [7, 11) is 2.16. The Morgan fingerprint density at radius 2 is 1.67 bits per heavy atom. The maximum Gasteiger partial charge on any atom is 0.0368 e. The number of thiol groups is 1. The van der Waals surface area contributed by atoms with Crippen molar-refractivity contribution in [1.29, 1.82) is 0 Å². The van der Waals surface area contributed by atoms with Crippen LogP contribution < -0.4 is 4.90 Å². The van der Waals surface area contributed by atoms with Gasteiger partial charge in [-0.2, -0.15) is 12.6 Å². The minimum absolute atomic E-state index is 0.987. The number of benzene rings is 1. The molecular formula is C13H21NS. The fourth-order valence-corrected chi connectivity index (χ4v) is 1.98. The summed E-state index contributed by atoms with van der Waals surface area (Å²) in [6.07, 6.45) is 2.41. The van der Waals surface area contributed by atoms with Gasteiger partial charge in [0.1, 0.15) is 0 Å². The molecule has 0 amide bonds. The van der Waals surface area contributed by atoms with Crippen molar-refractivity contribution in [1.82, 2.24) is 0 Å². The van der Waals surface area contributed by atoms with Gasteiger partial charge in [-0.3, -0.25) is 0 Å². The van der Waals surface area contributed by atoms with Crippen LogP contribution >= 0.6 is 12.6 Å². The Kier molecular flexibility index (Phi) is 5.03. The van der Waals surface area contributed by atoms with E-state index in [-0.39, 0.29) is 0 Å². The Bertz CT molecular complexity index is 289. The van der Waals surface area contributed by atoms with E-state index < -0.39 is 0 Å². The fourth-order valence-electron chi connectivity index (χ4n) is 1.76. The lowest BCUT2D eigenvalue weighted by atomic mass is 10.1. The molecule has 0 heterocycles.